The lowest BCUT2D eigenvalue weighted by Crippen LogP contribution is -2.53. The molecule has 2 fully saturated rings. The van der Waals surface area contributed by atoms with Crippen LogP contribution in [0.15, 0.2) is 0 Å². The molecule has 2 rings (SSSR count). The van der Waals surface area contributed by atoms with E-state index in [9.17, 15) is 9.59 Å². The number of carbonyl (C=O) groups is 2. The highest BCUT2D eigenvalue weighted by Gasteiger charge is 2.35. The third kappa shape index (κ3) is 4.61. The Morgan fingerprint density at radius 3 is 2.95 bits per heavy atom. The molecule has 0 saturated carbocycles. The van der Waals surface area contributed by atoms with E-state index < -0.39 is 0 Å². The molecule has 0 aliphatic carbocycles. The van der Waals surface area contributed by atoms with Crippen molar-refractivity contribution in [2.75, 3.05) is 18.2 Å². The number of rotatable bonds is 5. The van der Waals surface area contributed by atoms with Gasteiger partial charge in [-0.2, -0.15) is 0 Å². The van der Waals surface area contributed by atoms with E-state index in [1.807, 2.05) is 0 Å². The average molecular weight is 313 g/mol. The minimum Gasteiger partial charge on any atom is -0.351 e. The van der Waals surface area contributed by atoms with Crippen molar-refractivity contribution in [3.63, 3.8) is 0 Å². The molecule has 0 aromatic carbocycles. The van der Waals surface area contributed by atoms with E-state index in [0.29, 0.717) is 18.3 Å². The molecule has 120 valence electrons. The number of nitrogens with zero attached hydrogens (tertiary/aromatic N) is 1. The minimum absolute atomic E-state index is 0.0314. The number of amides is 2. The van der Waals surface area contributed by atoms with Crippen LogP contribution in [0.25, 0.3) is 0 Å². The molecule has 0 bridgehead atoms. The molecule has 2 aliphatic rings. The number of unbranched alkanes of at least 4 members (excludes halogenated alkanes) is 1. The van der Waals surface area contributed by atoms with Crippen molar-refractivity contribution < 1.29 is 9.59 Å². The lowest BCUT2D eigenvalue weighted by molar-refractivity contribution is -0.138. The molecule has 3 unspecified atom stereocenters. The van der Waals surface area contributed by atoms with Gasteiger partial charge in [0.2, 0.25) is 11.8 Å². The number of hydrogen-bond donors (Lipinski definition) is 2. The number of nitrogens with one attached hydrogen (secondary N) is 2. The van der Waals surface area contributed by atoms with Crippen LogP contribution in [0.1, 0.15) is 46.0 Å². The second-order valence-electron chi connectivity index (χ2n) is 6.07. The molecule has 2 saturated heterocycles. The predicted octanol–water partition coefficient (Wildman–Crippen LogP) is 1.33. The molecule has 21 heavy (non-hydrogen) atoms. The maximum atomic E-state index is 12.5. The number of thioether (sulfide) groups is 1. The Bertz CT molecular complexity index is 378. The molecule has 2 N–H and O–H groups in total. The summed E-state index contributed by atoms with van der Waals surface area (Å²) in [6.07, 6.45) is 4.41. The normalized spacial score (nSPS) is 29.4. The first kappa shape index (κ1) is 16.6. The summed E-state index contributed by atoms with van der Waals surface area (Å²) in [4.78, 5) is 26.4. The number of piperidine rings is 1. The second-order valence-corrected chi connectivity index (χ2v) is 7.07. The van der Waals surface area contributed by atoms with E-state index in [4.69, 9.17) is 0 Å². The predicted molar refractivity (Wildman–Crippen MR) is 86.1 cm³/mol. The van der Waals surface area contributed by atoms with Crippen LogP contribution in [0, 0.1) is 0 Å². The monoisotopic (exact) mass is 313 g/mol. The standard InChI is InChI=1S/C15H27N3O2S/c1-3-4-5-14(19)18-10-21-9-13(18)15(20)17-12-6-7-16-11(2)8-12/h11-13,16H,3-10H2,1-2H3,(H,17,20). The first-order valence-corrected chi connectivity index (χ1v) is 9.18. The van der Waals surface area contributed by atoms with Gasteiger partial charge in [0.05, 0.1) is 5.88 Å². The Labute approximate surface area is 131 Å². The van der Waals surface area contributed by atoms with Crippen molar-refractivity contribution in [3.8, 4) is 0 Å². The van der Waals surface area contributed by atoms with Gasteiger partial charge in [-0.1, -0.05) is 13.3 Å². The summed E-state index contributed by atoms with van der Waals surface area (Å²) < 4.78 is 0. The van der Waals surface area contributed by atoms with E-state index in [2.05, 4.69) is 24.5 Å². The molecule has 2 heterocycles. The molecular formula is C15H27N3O2S. The Balaban J connectivity index is 1.86. The van der Waals surface area contributed by atoms with E-state index in [1.165, 1.54) is 0 Å². The highest BCUT2D eigenvalue weighted by atomic mass is 32.2. The summed E-state index contributed by atoms with van der Waals surface area (Å²) in [6.45, 7) is 5.17. The minimum atomic E-state index is -0.274. The fourth-order valence-corrected chi connectivity index (χ4v) is 4.12. The quantitative estimate of drug-likeness (QED) is 0.804. The van der Waals surface area contributed by atoms with E-state index in [0.717, 1.165) is 38.0 Å². The molecule has 0 aromatic heterocycles. The van der Waals surface area contributed by atoms with Gasteiger partial charge >= 0.3 is 0 Å². The van der Waals surface area contributed by atoms with Crippen LogP contribution in [0.2, 0.25) is 0 Å². The van der Waals surface area contributed by atoms with Gasteiger partial charge in [-0.15, -0.1) is 11.8 Å². The molecule has 2 amide bonds. The van der Waals surface area contributed by atoms with Crippen LogP contribution in [0.5, 0.6) is 0 Å². The summed E-state index contributed by atoms with van der Waals surface area (Å²) >= 11 is 1.67. The van der Waals surface area contributed by atoms with Crippen molar-refractivity contribution in [2.45, 2.75) is 64.1 Å². The van der Waals surface area contributed by atoms with Crippen LogP contribution in [0.4, 0.5) is 0 Å². The molecule has 2 aliphatic heterocycles. The van der Waals surface area contributed by atoms with Gasteiger partial charge in [0.15, 0.2) is 0 Å². The maximum absolute atomic E-state index is 12.5. The highest BCUT2D eigenvalue weighted by Crippen LogP contribution is 2.23. The highest BCUT2D eigenvalue weighted by molar-refractivity contribution is 7.99. The number of hydrogen-bond acceptors (Lipinski definition) is 4. The van der Waals surface area contributed by atoms with Gasteiger partial charge in [0.1, 0.15) is 6.04 Å². The summed E-state index contributed by atoms with van der Waals surface area (Å²) in [5, 5.41) is 6.53. The van der Waals surface area contributed by atoms with Gasteiger partial charge in [-0.05, 0) is 32.7 Å². The Hall–Kier alpha value is -0.750. The van der Waals surface area contributed by atoms with Crippen LogP contribution in [-0.2, 0) is 9.59 Å². The molecule has 0 spiro atoms. The largest absolute Gasteiger partial charge is 0.351 e. The SMILES string of the molecule is CCCCC(=O)N1CSCC1C(=O)NC1CCNC(C)C1. The van der Waals surface area contributed by atoms with E-state index in [1.54, 1.807) is 16.7 Å². The zero-order chi connectivity index (χ0) is 15.2. The molecular weight excluding hydrogens is 286 g/mol. The molecule has 0 aromatic rings. The summed E-state index contributed by atoms with van der Waals surface area (Å²) in [6, 6.07) is 0.417. The van der Waals surface area contributed by atoms with Gasteiger partial charge < -0.3 is 15.5 Å². The third-order valence-electron chi connectivity index (χ3n) is 4.22. The van der Waals surface area contributed by atoms with Gasteiger partial charge in [-0.3, -0.25) is 9.59 Å². The van der Waals surface area contributed by atoms with Crippen molar-refractivity contribution >= 4 is 23.6 Å². The summed E-state index contributed by atoms with van der Waals surface area (Å²) in [7, 11) is 0. The van der Waals surface area contributed by atoms with E-state index in [-0.39, 0.29) is 23.9 Å². The lowest BCUT2D eigenvalue weighted by Gasteiger charge is -2.31. The smallest absolute Gasteiger partial charge is 0.243 e. The lowest BCUT2D eigenvalue weighted by atomic mass is 10.0. The number of carbonyl (C=O) groups excluding carboxylic acids is 2. The fourth-order valence-electron chi connectivity index (χ4n) is 2.94. The average Bonchev–Trinajstić information content (AvgIpc) is 2.94. The Morgan fingerprint density at radius 1 is 1.43 bits per heavy atom. The van der Waals surface area contributed by atoms with Crippen molar-refractivity contribution in [1.82, 2.24) is 15.5 Å². The molecule has 5 nitrogen and oxygen atoms in total. The second kappa shape index (κ2) is 8.03. The third-order valence-corrected chi connectivity index (χ3v) is 5.23. The van der Waals surface area contributed by atoms with Gasteiger partial charge in [0, 0.05) is 24.3 Å². The Kier molecular flexibility index (Phi) is 6.36. The van der Waals surface area contributed by atoms with E-state index >= 15 is 0 Å². The Morgan fingerprint density at radius 2 is 2.24 bits per heavy atom. The van der Waals surface area contributed by atoms with Crippen LogP contribution >= 0.6 is 11.8 Å². The zero-order valence-corrected chi connectivity index (χ0v) is 13.9. The zero-order valence-electron chi connectivity index (χ0n) is 13.1. The molecule has 0 radical (unpaired) electrons. The van der Waals surface area contributed by atoms with Gasteiger partial charge in [-0.25, -0.2) is 0 Å². The summed E-state index contributed by atoms with van der Waals surface area (Å²) in [5.74, 6) is 1.54. The van der Waals surface area contributed by atoms with Crippen molar-refractivity contribution in [1.29, 1.82) is 0 Å². The molecule has 3 atom stereocenters. The summed E-state index contributed by atoms with van der Waals surface area (Å²) in [5.41, 5.74) is 0. The first-order chi connectivity index (χ1) is 10.1. The van der Waals surface area contributed by atoms with Crippen LogP contribution in [0.3, 0.4) is 0 Å². The first-order valence-electron chi connectivity index (χ1n) is 8.02. The van der Waals surface area contributed by atoms with Crippen LogP contribution < -0.4 is 10.6 Å². The van der Waals surface area contributed by atoms with Crippen molar-refractivity contribution in [3.05, 3.63) is 0 Å². The maximum Gasteiger partial charge on any atom is 0.243 e. The fraction of sp³-hybridized carbons (Fsp3) is 0.867. The molecule has 6 heteroatoms. The van der Waals surface area contributed by atoms with Gasteiger partial charge in [0.25, 0.3) is 0 Å². The topological polar surface area (TPSA) is 61.4 Å². The van der Waals surface area contributed by atoms with Crippen molar-refractivity contribution in [2.24, 2.45) is 0 Å². The van der Waals surface area contributed by atoms with Crippen LogP contribution in [-0.4, -0.2) is 53.0 Å².